The zero-order valence-electron chi connectivity index (χ0n) is 15.5. The molecular weight excluding hydrogens is 348 g/mol. The van der Waals surface area contributed by atoms with Crippen LogP contribution >= 0.6 is 0 Å². The van der Waals surface area contributed by atoms with Gasteiger partial charge >= 0.3 is 0 Å². The molecule has 3 rings (SSSR count). The van der Waals surface area contributed by atoms with Crippen molar-refractivity contribution >= 4 is 22.8 Å². The third-order valence-corrected chi connectivity index (χ3v) is 4.27. The van der Waals surface area contributed by atoms with E-state index < -0.39 is 0 Å². The largest absolute Gasteiger partial charge is 0.504 e. The molecule has 0 aliphatic carbocycles. The Morgan fingerprint density at radius 2 is 1.81 bits per heavy atom. The van der Waals surface area contributed by atoms with Crippen LogP contribution in [0.15, 0.2) is 46.6 Å². The molecule has 6 nitrogen and oxygen atoms in total. The number of hydrogen-bond acceptors (Lipinski definition) is 6. The van der Waals surface area contributed by atoms with Crippen LogP contribution in [0.5, 0.6) is 23.0 Å². The van der Waals surface area contributed by atoms with E-state index in [0.717, 1.165) is 5.56 Å². The molecule has 0 unspecified atom stereocenters. The summed E-state index contributed by atoms with van der Waals surface area (Å²) >= 11 is 0. The summed E-state index contributed by atoms with van der Waals surface area (Å²) in [4.78, 5) is 13.1. The molecule has 0 radical (unpaired) electrons. The summed E-state index contributed by atoms with van der Waals surface area (Å²) in [5.74, 6) is 0.313. The van der Waals surface area contributed by atoms with Crippen LogP contribution in [0.2, 0.25) is 0 Å². The highest BCUT2D eigenvalue weighted by Gasteiger charge is 2.28. The SMILES string of the molecule is COc1cccc(/C=C(\C)C(=O)c2c(O)c(OC)c3occc3c2OC)c1. The van der Waals surface area contributed by atoms with Gasteiger partial charge in [-0.15, -0.1) is 0 Å². The standard InChI is InChI=1S/C21H20O6/c1-12(10-13-6-5-7-14(11-13)24-2)17(22)16-18(23)21(26-4)20-15(8-9-27-20)19(16)25-3/h5-11,23H,1-4H3/b12-10+. The lowest BCUT2D eigenvalue weighted by atomic mass is 9.98. The minimum atomic E-state index is -0.381. The van der Waals surface area contributed by atoms with E-state index in [2.05, 4.69) is 0 Å². The molecule has 3 aromatic rings. The van der Waals surface area contributed by atoms with E-state index in [0.29, 0.717) is 22.3 Å². The number of phenols is 1. The van der Waals surface area contributed by atoms with Crippen molar-refractivity contribution in [2.45, 2.75) is 6.92 Å². The van der Waals surface area contributed by atoms with Crippen molar-refractivity contribution in [1.29, 1.82) is 0 Å². The molecule has 140 valence electrons. The van der Waals surface area contributed by atoms with Gasteiger partial charge in [-0.2, -0.15) is 0 Å². The molecule has 1 aromatic heterocycles. The van der Waals surface area contributed by atoms with Gasteiger partial charge in [-0.3, -0.25) is 4.79 Å². The van der Waals surface area contributed by atoms with Gasteiger partial charge in [0.05, 0.1) is 33.0 Å². The average molecular weight is 368 g/mol. The number of Topliss-reactive ketones (excluding diaryl/α,β-unsaturated/α-hetero) is 1. The summed E-state index contributed by atoms with van der Waals surface area (Å²) < 4.78 is 21.2. The number of rotatable bonds is 6. The van der Waals surface area contributed by atoms with Crippen LogP contribution in [-0.2, 0) is 0 Å². The zero-order valence-corrected chi connectivity index (χ0v) is 15.5. The number of allylic oxidation sites excluding steroid dienone is 1. The van der Waals surface area contributed by atoms with Crippen LogP contribution < -0.4 is 14.2 Å². The number of furan rings is 1. The first-order valence-corrected chi connectivity index (χ1v) is 8.23. The number of benzene rings is 2. The van der Waals surface area contributed by atoms with E-state index in [4.69, 9.17) is 18.6 Å². The van der Waals surface area contributed by atoms with E-state index in [-0.39, 0.29) is 28.6 Å². The van der Waals surface area contributed by atoms with E-state index >= 15 is 0 Å². The van der Waals surface area contributed by atoms with Gasteiger partial charge < -0.3 is 23.7 Å². The molecule has 0 atom stereocenters. The number of ether oxygens (including phenoxy) is 3. The third-order valence-electron chi connectivity index (χ3n) is 4.27. The number of fused-ring (bicyclic) bond motifs is 1. The Bertz CT molecular complexity index is 1030. The van der Waals surface area contributed by atoms with Crippen molar-refractivity contribution in [3.05, 3.63) is 53.3 Å². The first-order valence-electron chi connectivity index (χ1n) is 8.23. The first-order chi connectivity index (χ1) is 13.0. The molecule has 1 N–H and O–H groups in total. The van der Waals surface area contributed by atoms with Crippen LogP contribution in [0, 0.1) is 0 Å². The first kappa shape index (κ1) is 18.4. The lowest BCUT2D eigenvalue weighted by molar-refractivity contribution is 0.102. The van der Waals surface area contributed by atoms with Crippen molar-refractivity contribution in [2.75, 3.05) is 21.3 Å². The Hall–Kier alpha value is -3.41. The number of methoxy groups -OCH3 is 3. The minimum Gasteiger partial charge on any atom is -0.504 e. The summed E-state index contributed by atoms with van der Waals surface area (Å²) in [6.45, 7) is 1.67. The van der Waals surface area contributed by atoms with Crippen molar-refractivity contribution in [3.8, 4) is 23.0 Å². The maximum absolute atomic E-state index is 13.1. The quantitative estimate of drug-likeness (QED) is 0.512. The molecule has 6 heteroatoms. The Morgan fingerprint density at radius 3 is 2.48 bits per heavy atom. The summed E-state index contributed by atoms with van der Waals surface area (Å²) in [5, 5.41) is 11.2. The van der Waals surface area contributed by atoms with Crippen LogP contribution in [0.1, 0.15) is 22.8 Å². The number of aromatic hydroxyl groups is 1. The predicted molar refractivity (Wildman–Crippen MR) is 102 cm³/mol. The lowest BCUT2D eigenvalue weighted by Crippen LogP contribution is -2.06. The Balaban J connectivity index is 2.14. The molecule has 0 spiro atoms. The summed E-state index contributed by atoms with van der Waals surface area (Å²) in [6, 6.07) is 8.99. The van der Waals surface area contributed by atoms with Gasteiger partial charge in [0, 0.05) is 0 Å². The summed E-state index contributed by atoms with van der Waals surface area (Å²) in [5.41, 5.74) is 1.56. The van der Waals surface area contributed by atoms with Gasteiger partial charge in [-0.05, 0) is 42.3 Å². The number of carbonyl (C=O) groups is 1. The Kier molecular flexibility index (Phi) is 5.07. The molecule has 27 heavy (non-hydrogen) atoms. The highest BCUT2D eigenvalue weighted by molar-refractivity contribution is 6.17. The molecule has 2 aromatic carbocycles. The monoisotopic (exact) mass is 368 g/mol. The van der Waals surface area contributed by atoms with Crippen molar-refractivity contribution in [3.63, 3.8) is 0 Å². The van der Waals surface area contributed by atoms with Crippen LogP contribution in [0.3, 0.4) is 0 Å². The number of carbonyl (C=O) groups excluding carboxylic acids is 1. The highest BCUT2D eigenvalue weighted by Crippen LogP contribution is 2.46. The molecule has 0 bridgehead atoms. The van der Waals surface area contributed by atoms with Gasteiger partial charge in [-0.25, -0.2) is 0 Å². The average Bonchev–Trinajstić information content (AvgIpc) is 3.15. The normalized spacial score (nSPS) is 11.5. The molecule has 1 heterocycles. The molecule has 0 saturated carbocycles. The van der Waals surface area contributed by atoms with Crippen LogP contribution in [-0.4, -0.2) is 32.2 Å². The van der Waals surface area contributed by atoms with Crippen LogP contribution in [0.25, 0.3) is 17.0 Å². The molecule has 0 aliphatic heterocycles. The minimum absolute atomic E-state index is 0.0277. The second kappa shape index (κ2) is 7.45. The van der Waals surface area contributed by atoms with Gasteiger partial charge in [-0.1, -0.05) is 12.1 Å². The lowest BCUT2D eigenvalue weighted by Gasteiger charge is -2.14. The van der Waals surface area contributed by atoms with E-state index in [9.17, 15) is 9.90 Å². The highest BCUT2D eigenvalue weighted by atomic mass is 16.5. The van der Waals surface area contributed by atoms with E-state index in [1.807, 2.05) is 24.3 Å². The summed E-state index contributed by atoms with van der Waals surface area (Å²) in [7, 11) is 4.42. The van der Waals surface area contributed by atoms with Gasteiger partial charge in [0.1, 0.15) is 17.1 Å². The molecule has 0 amide bonds. The molecule has 0 fully saturated rings. The second-order valence-corrected chi connectivity index (χ2v) is 5.89. The number of phenolic OH excluding ortho intramolecular Hbond substituents is 1. The van der Waals surface area contributed by atoms with Gasteiger partial charge in [0.25, 0.3) is 0 Å². The fraction of sp³-hybridized carbons (Fsp3) is 0.190. The Labute approximate surface area is 156 Å². The predicted octanol–water partition coefficient (Wildman–Crippen LogP) is 4.45. The van der Waals surface area contributed by atoms with Crippen molar-refractivity contribution < 1.29 is 28.5 Å². The van der Waals surface area contributed by atoms with Gasteiger partial charge in [0.15, 0.2) is 17.1 Å². The van der Waals surface area contributed by atoms with Crippen molar-refractivity contribution in [1.82, 2.24) is 0 Å². The number of hydrogen-bond donors (Lipinski definition) is 1. The third kappa shape index (κ3) is 3.21. The van der Waals surface area contributed by atoms with Gasteiger partial charge in [0.2, 0.25) is 5.75 Å². The molecule has 0 aliphatic rings. The number of ketones is 1. The maximum atomic E-state index is 13.1. The van der Waals surface area contributed by atoms with Crippen molar-refractivity contribution in [2.24, 2.45) is 0 Å². The fourth-order valence-electron chi connectivity index (χ4n) is 2.98. The summed E-state index contributed by atoms with van der Waals surface area (Å²) in [6.07, 6.45) is 3.16. The molecule has 0 saturated heterocycles. The van der Waals surface area contributed by atoms with E-state index in [1.54, 1.807) is 26.2 Å². The second-order valence-electron chi connectivity index (χ2n) is 5.89. The zero-order chi connectivity index (χ0) is 19.6. The van der Waals surface area contributed by atoms with E-state index in [1.165, 1.54) is 20.5 Å². The maximum Gasteiger partial charge on any atom is 0.205 e. The molecular formula is C21H20O6. The topological polar surface area (TPSA) is 78.1 Å². The van der Waals surface area contributed by atoms with Crippen LogP contribution in [0.4, 0.5) is 0 Å². The Morgan fingerprint density at radius 1 is 1.07 bits per heavy atom. The fourth-order valence-corrected chi connectivity index (χ4v) is 2.98. The smallest absolute Gasteiger partial charge is 0.205 e.